The maximum atomic E-state index is 15.0. The molecule has 16 heteroatoms. The van der Waals surface area contributed by atoms with Crippen LogP contribution in [0.5, 0.6) is 0 Å². The van der Waals surface area contributed by atoms with Crippen LogP contribution in [0.4, 0.5) is 26.5 Å². The number of piperazine rings is 1. The van der Waals surface area contributed by atoms with Gasteiger partial charge in [0.2, 0.25) is 17.8 Å². The molecule has 70 heavy (non-hydrogen) atoms. The molecule has 4 aliphatic heterocycles. The van der Waals surface area contributed by atoms with E-state index in [4.69, 9.17) is 9.72 Å². The van der Waals surface area contributed by atoms with Crippen LogP contribution >= 0.6 is 0 Å². The van der Waals surface area contributed by atoms with Gasteiger partial charge in [-0.2, -0.15) is 4.39 Å². The fraction of sp³-hybridized carbons (Fsp3) is 0.500. The third kappa shape index (κ3) is 10.9. The van der Waals surface area contributed by atoms with E-state index in [0.717, 1.165) is 113 Å². The molecular formula is C54H67FN10O5. The van der Waals surface area contributed by atoms with Crippen molar-refractivity contribution in [2.75, 3.05) is 81.1 Å². The van der Waals surface area contributed by atoms with Gasteiger partial charge in [-0.25, -0.2) is 14.8 Å². The summed E-state index contributed by atoms with van der Waals surface area (Å²) >= 11 is 0. The van der Waals surface area contributed by atoms with Crippen LogP contribution in [0, 0.1) is 11.9 Å². The zero-order valence-corrected chi connectivity index (χ0v) is 41.4. The Balaban J connectivity index is 0.713. The number of fused-ring (bicyclic) bond motifs is 1. The third-order valence-electron chi connectivity index (χ3n) is 15.0. The van der Waals surface area contributed by atoms with E-state index >= 15 is 0 Å². The molecule has 7 heterocycles. The van der Waals surface area contributed by atoms with E-state index in [-0.39, 0.29) is 35.9 Å². The van der Waals surface area contributed by atoms with Crippen LogP contribution in [0.3, 0.4) is 0 Å². The van der Waals surface area contributed by atoms with Gasteiger partial charge < -0.3 is 19.9 Å². The van der Waals surface area contributed by atoms with E-state index in [0.29, 0.717) is 29.9 Å². The van der Waals surface area contributed by atoms with Crippen molar-refractivity contribution in [3.63, 3.8) is 0 Å². The topological polar surface area (TPSA) is 156 Å². The highest BCUT2D eigenvalue weighted by atomic mass is 19.1. The molecule has 4 amide bonds. The number of halogens is 1. The second kappa shape index (κ2) is 20.6. The Labute approximate surface area is 410 Å². The first-order valence-corrected chi connectivity index (χ1v) is 25.1. The van der Waals surface area contributed by atoms with Gasteiger partial charge in [-0.05, 0) is 144 Å². The highest BCUT2D eigenvalue weighted by Crippen LogP contribution is 2.43. The Bertz CT molecular complexity index is 2590. The summed E-state index contributed by atoms with van der Waals surface area (Å²) in [5.41, 5.74) is 7.24. The lowest BCUT2D eigenvalue weighted by atomic mass is 9.87. The molecule has 0 radical (unpaired) electrons. The van der Waals surface area contributed by atoms with Crippen molar-refractivity contribution in [3.05, 3.63) is 101 Å². The molecular weight excluding hydrogens is 888 g/mol. The molecule has 2 N–H and O–H groups in total. The Morgan fingerprint density at radius 3 is 2.29 bits per heavy atom. The van der Waals surface area contributed by atoms with Gasteiger partial charge in [0.1, 0.15) is 23.3 Å². The van der Waals surface area contributed by atoms with Crippen molar-refractivity contribution < 1.29 is 28.3 Å². The molecule has 0 spiro atoms. The predicted molar refractivity (Wildman–Crippen MR) is 269 cm³/mol. The molecule has 3 atom stereocenters. The quantitative estimate of drug-likeness (QED) is 0.112. The maximum absolute atomic E-state index is 15.0. The Hall–Kier alpha value is -6.26. The number of nitrogens with zero attached hydrogens (tertiary/aromatic N) is 8. The lowest BCUT2D eigenvalue weighted by Gasteiger charge is -2.39. The minimum Gasteiger partial charge on any atom is -0.443 e. The van der Waals surface area contributed by atoms with Gasteiger partial charge in [-0.15, -0.1) is 0 Å². The van der Waals surface area contributed by atoms with Crippen LogP contribution in [0.1, 0.15) is 112 Å². The van der Waals surface area contributed by atoms with Crippen LogP contribution < -0.4 is 20.4 Å². The molecule has 4 saturated heterocycles. The average Bonchev–Trinajstić information content (AvgIpc) is 3.70. The second-order valence-corrected chi connectivity index (χ2v) is 20.8. The van der Waals surface area contributed by atoms with Crippen LogP contribution in [0.15, 0.2) is 72.6 Å². The summed E-state index contributed by atoms with van der Waals surface area (Å²) in [6, 6.07) is 17.3. The van der Waals surface area contributed by atoms with Gasteiger partial charge in [0.15, 0.2) is 0 Å². The van der Waals surface area contributed by atoms with Crippen molar-refractivity contribution in [3.8, 4) is 11.1 Å². The summed E-state index contributed by atoms with van der Waals surface area (Å²) in [5, 5.41) is 5.18. The maximum Gasteiger partial charge on any atom is 0.415 e. The van der Waals surface area contributed by atoms with E-state index < -0.39 is 29.6 Å². The van der Waals surface area contributed by atoms with E-state index in [9.17, 15) is 23.6 Å². The molecule has 4 fully saturated rings. The molecule has 15 nitrogen and oxygen atoms in total. The largest absolute Gasteiger partial charge is 0.443 e. The Kier molecular flexibility index (Phi) is 14.3. The first-order chi connectivity index (χ1) is 33.6. The van der Waals surface area contributed by atoms with E-state index in [1.54, 1.807) is 19.2 Å². The molecule has 0 saturated carbocycles. The monoisotopic (exact) mass is 955 g/mol. The lowest BCUT2D eigenvalue weighted by molar-refractivity contribution is -0.133. The van der Waals surface area contributed by atoms with Crippen LogP contribution in [-0.4, -0.2) is 137 Å². The molecule has 3 aromatic heterocycles. The number of carbonyl (C=O) groups excluding carboxylic acids is 4. The number of aromatic nitrogens is 3. The number of imide groups is 1. The third-order valence-corrected chi connectivity index (χ3v) is 15.0. The second-order valence-electron chi connectivity index (χ2n) is 20.8. The molecule has 9 rings (SSSR count). The molecule has 1 aromatic carbocycles. The zero-order valence-electron chi connectivity index (χ0n) is 41.4. The first kappa shape index (κ1) is 48.8. The van der Waals surface area contributed by atoms with Crippen molar-refractivity contribution in [1.29, 1.82) is 0 Å². The van der Waals surface area contributed by atoms with E-state index in [2.05, 4.69) is 67.4 Å². The van der Waals surface area contributed by atoms with Crippen molar-refractivity contribution in [2.24, 2.45) is 5.92 Å². The highest BCUT2D eigenvalue weighted by molar-refractivity contribution is 6.01. The summed E-state index contributed by atoms with van der Waals surface area (Å²) in [6.45, 7) is 17.8. The van der Waals surface area contributed by atoms with Gasteiger partial charge in [0.05, 0.1) is 11.4 Å². The first-order valence-electron chi connectivity index (χ1n) is 25.1. The summed E-state index contributed by atoms with van der Waals surface area (Å²) in [7, 11) is 1.67. The molecule has 2 unspecified atom stereocenters. The van der Waals surface area contributed by atoms with Gasteiger partial charge in [0, 0.05) is 100 Å². The average molecular weight is 955 g/mol. The fourth-order valence-corrected chi connectivity index (χ4v) is 10.8. The molecule has 4 aromatic rings. The smallest absolute Gasteiger partial charge is 0.415 e. The van der Waals surface area contributed by atoms with Crippen LogP contribution in [-0.2, 0) is 14.3 Å². The SMILES string of the molecule is CC1C([C@H](C)N2CCC(c3ccc(C(=O)N4CCC(CN5CCN(c6ccc(NC7CCC(=O)NC7=O)c(F)n6)CC5)CC4)cc3)CC2)=Cc2c(-c3ccc(N(C)C(=O)OC(C)(C)C)nc3)ccnc21. The summed E-state index contributed by atoms with van der Waals surface area (Å²) in [4.78, 5) is 74.2. The van der Waals surface area contributed by atoms with Crippen molar-refractivity contribution in [2.45, 2.75) is 103 Å². The number of benzene rings is 1. The van der Waals surface area contributed by atoms with Crippen molar-refractivity contribution >= 4 is 47.2 Å². The number of anilines is 3. The van der Waals surface area contributed by atoms with Crippen LogP contribution in [0.25, 0.3) is 17.2 Å². The van der Waals surface area contributed by atoms with E-state index in [1.807, 2.05) is 68.4 Å². The Morgan fingerprint density at radius 2 is 1.63 bits per heavy atom. The number of rotatable bonds is 11. The minimum atomic E-state index is -0.669. The fourth-order valence-electron chi connectivity index (χ4n) is 10.8. The molecule has 0 bridgehead atoms. The van der Waals surface area contributed by atoms with Crippen LogP contribution in [0.2, 0.25) is 0 Å². The number of hydrogen-bond acceptors (Lipinski definition) is 12. The van der Waals surface area contributed by atoms with Gasteiger partial charge in [0.25, 0.3) is 5.91 Å². The van der Waals surface area contributed by atoms with Crippen molar-refractivity contribution in [1.82, 2.24) is 35.0 Å². The normalized spacial score (nSPS) is 21.2. The standard InChI is InChI=1S/C54H67FN10O5/c1-34-42(31-43-41(17-22-56-49(34)43)40-11-14-46(57-32-40)61(6)53(69)70-54(3,4)5)35(2)63-25-20-38(21-26-63)37-7-9-39(10-8-37)52(68)65-23-18-36(19-24-65)33-62-27-29-64(30-28-62)47-15-12-44(50(55)59-47)58-45-13-16-48(66)60-51(45)67/h7-12,14-15,17,22,31-32,34-36,38,45,58H,13,16,18-21,23-30,33H2,1-6H3,(H,60,66,67)/t34?,35-,45?/m0/s1. The highest BCUT2D eigenvalue weighted by Gasteiger charge is 2.34. The zero-order chi connectivity index (χ0) is 49.3. The van der Waals surface area contributed by atoms with Gasteiger partial charge in [-0.1, -0.05) is 25.1 Å². The molecule has 1 aliphatic carbocycles. The molecule has 370 valence electrons. The summed E-state index contributed by atoms with van der Waals surface area (Å²) in [5.74, 6) is 0.926. The number of pyridine rings is 3. The number of likely N-dealkylation sites (tertiary alicyclic amines) is 2. The number of nitrogens with one attached hydrogen (secondary N) is 2. The number of piperidine rings is 3. The number of hydrogen-bond donors (Lipinski definition) is 2. The lowest BCUT2D eigenvalue weighted by Crippen LogP contribution is -2.49. The number of carbonyl (C=O) groups is 4. The summed E-state index contributed by atoms with van der Waals surface area (Å²) < 4.78 is 20.5. The minimum absolute atomic E-state index is 0.108. The summed E-state index contributed by atoms with van der Waals surface area (Å²) in [6.07, 6.45) is 10.2. The molecule has 5 aliphatic rings. The number of amides is 4. The number of ether oxygens (including phenoxy) is 1. The van der Waals surface area contributed by atoms with Gasteiger partial charge in [-0.3, -0.25) is 39.4 Å². The Morgan fingerprint density at radius 1 is 0.900 bits per heavy atom. The van der Waals surface area contributed by atoms with E-state index in [1.165, 1.54) is 16.0 Å². The van der Waals surface area contributed by atoms with Gasteiger partial charge >= 0.3 is 6.09 Å². The predicted octanol–water partition coefficient (Wildman–Crippen LogP) is 7.71.